The van der Waals surface area contributed by atoms with Crippen LogP contribution in [0.15, 0.2) is 118 Å². The summed E-state index contributed by atoms with van der Waals surface area (Å²) in [5.41, 5.74) is 21.8. The largest absolute Gasteiger partial charge is 0.456 e. The fraction of sp³-hybridized carbons (Fsp3) is 0.288. The van der Waals surface area contributed by atoms with Crippen molar-refractivity contribution < 1.29 is 8.83 Å². The molecule has 0 unspecified atom stereocenters. The third kappa shape index (κ3) is 4.91. The quantitative estimate of drug-likeness (QED) is 0.155. The van der Waals surface area contributed by atoms with Crippen LogP contribution in [0.1, 0.15) is 110 Å². The molecular formula is C59H55BN2O2. The monoisotopic (exact) mass is 834 g/mol. The molecule has 10 aromatic rings. The van der Waals surface area contributed by atoms with Gasteiger partial charge >= 0.3 is 6.85 Å². The van der Waals surface area contributed by atoms with Gasteiger partial charge in [-0.1, -0.05) is 124 Å². The Balaban J connectivity index is 1.28. The van der Waals surface area contributed by atoms with E-state index in [1.807, 2.05) is 0 Å². The number of benzene rings is 7. The van der Waals surface area contributed by atoms with Crippen LogP contribution in [0.5, 0.6) is 0 Å². The molecule has 13 rings (SSSR count). The summed E-state index contributed by atoms with van der Waals surface area (Å²) in [4.78, 5) is 2.74. The van der Waals surface area contributed by atoms with Crippen LogP contribution in [0.4, 0.5) is 11.4 Å². The maximum absolute atomic E-state index is 7.21. The summed E-state index contributed by atoms with van der Waals surface area (Å²) in [6.45, 7) is 26.1. The normalized spacial score (nSPS) is 16.4. The molecule has 64 heavy (non-hydrogen) atoms. The van der Waals surface area contributed by atoms with Gasteiger partial charge in [-0.15, -0.1) is 0 Å². The molecule has 1 aliphatic carbocycles. The first-order valence-electron chi connectivity index (χ1n) is 23.4. The minimum Gasteiger partial charge on any atom is -0.456 e. The number of fused-ring (bicyclic) bond motifs is 16. The van der Waals surface area contributed by atoms with Crippen molar-refractivity contribution in [2.24, 2.45) is 0 Å². The number of nitrogens with zero attached hydrogens (tertiary/aromatic N) is 2. The third-order valence-corrected chi connectivity index (χ3v) is 15.8. The number of aryl methyl sites for hydroxylation is 1. The molecule has 3 aromatic heterocycles. The van der Waals surface area contributed by atoms with Gasteiger partial charge in [-0.05, 0) is 140 Å². The lowest BCUT2D eigenvalue weighted by Crippen LogP contribution is -2.61. The summed E-state index contributed by atoms with van der Waals surface area (Å²) in [6.07, 6.45) is 2.33. The molecule has 5 heterocycles. The first kappa shape index (κ1) is 38.3. The molecule has 3 aliphatic rings. The molecule has 0 spiro atoms. The average molecular weight is 835 g/mol. The van der Waals surface area contributed by atoms with Crippen molar-refractivity contribution in [1.29, 1.82) is 0 Å². The molecule has 0 saturated heterocycles. The molecule has 0 saturated carbocycles. The number of aromatic nitrogens is 1. The van der Waals surface area contributed by atoms with Crippen LogP contribution in [0, 0.1) is 6.92 Å². The van der Waals surface area contributed by atoms with Crippen molar-refractivity contribution in [2.75, 3.05) is 4.81 Å². The lowest BCUT2D eigenvalue weighted by atomic mass is 9.43. The highest BCUT2D eigenvalue weighted by Gasteiger charge is 2.48. The van der Waals surface area contributed by atoms with E-state index in [0.717, 1.165) is 56.0 Å². The van der Waals surface area contributed by atoms with E-state index in [4.69, 9.17) is 8.83 Å². The van der Waals surface area contributed by atoms with Gasteiger partial charge in [0, 0.05) is 49.3 Å². The average Bonchev–Trinajstić information content (AvgIpc) is 3.93. The van der Waals surface area contributed by atoms with Gasteiger partial charge in [0.05, 0.1) is 16.7 Å². The van der Waals surface area contributed by atoms with E-state index in [2.05, 4.69) is 195 Å². The highest BCUT2D eigenvalue weighted by atomic mass is 16.3. The molecule has 0 atom stereocenters. The first-order chi connectivity index (χ1) is 30.4. The molecule has 5 heteroatoms. The molecular weight excluding hydrogens is 779 g/mol. The van der Waals surface area contributed by atoms with E-state index in [1.165, 1.54) is 89.5 Å². The van der Waals surface area contributed by atoms with Crippen molar-refractivity contribution in [2.45, 2.75) is 111 Å². The van der Waals surface area contributed by atoms with Crippen LogP contribution in [0.3, 0.4) is 0 Å². The van der Waals surface area contributed by atoms with Crippen LogP contribution in [-0.2, 0) is 21.7 Å². The number of para-hydroxylation sites is 2. The summed E-state index contributed by atoms with van der Waals surface area (Å²) in [6, 6.07) is 41.7. The van der Waals surface area contributed by atoms with Crippen molar-refractivity contribution in [1.82, 2.24) is 4.57 Å². The summed E-state index contributed by atoms with van der Waals surface area (Å²) in [7, 11) is 0. The highest BCUT2D eigenvalue weighted by Crippen LogP contribution is 2.54. The van der Waals surface area contributed by atoms with Gasteiger partial charge in [0.1, 0.15) is 16.7 Å². The van der Waals surface area contributed by atoms with E-state index >= 15 is 0 Å². The second kappa shape index (κ2) is 12.1. The Labute approximate surface area is 375 Å². The molecule has 4 nitrogen and oxygen atoms in total. The minimum absolute atomic E-state index is 0.0146. The smallest absolute Gasteiger partial charge is 0.333 e. The summed E-state index contributed by atoms with van der Waals surface area (Å²) in [5.74, 6) is 0. The van der Waals surface area contributed by atoms with Gasteiger partial charge in [-0.25, -0.2) is 0 Å². The molecule has 0 radical (unpaired) electrons. The molecule has 0 amide bonds. The van der Waals surface area contributed by atoms with Crippen molar-refractivity contribution >= 4 is 94.8 Å². The van der Waals surface area contributed by atoms with Crippen molar-refractivity contribution in [3.05, 3.63) is 137 Å². The third-order valence-electron chi connectivity index (χ3n) is 15.8. The first-order valence-corrected chi connectivity index (χ1v) is 23.4. The van der Waals surface area contributed by atoms with E-state index in [-0.39, 0.29) is 28.5 Å². The Hall–Kier alpha value is -6.20. The van der Waals surface area contributed by atoms with Gasteiger partial charge < -0.3 is 18.2 Å². The molecule has 0 fully saturated rings. The number of furan rings is 2. The zero-order valence-corrected chi connectivity index (χ0v) is 39.1. The number of hydrogen-bond donors (Lipinski definition) is 0. The fourth-order valence-corrected chi connectivity index (χ4v) is 12.2. The van der Waals surface area contributed by atoms with Crippen molar-refractivity contribution in [3.8, 4) is 16.8 Å². The predicted molar refractivity (Wildman–Crippen MR) is 272 cm³/mol. The predicted octanol–water partition coefficient (Wildman–Crippen LogP) is 15.1. The maximum Gasteiger partial charge on any atom is 0.333 e. The van der Waals surface area contributed by atoms with Crippen LogP contribution in [0.2, 0.25) is 0 Å². The maximum atomic E-state index is 7.21. The Morgan fingerprint density at radius 1 is 0.578 bits per heavy atom. The fourth-order valence-electron chi connectivity index (χ4n) is 12.2. The molecule has 7 aromatic carbocycles. The SMILES string of the molecule is Cc1cc2c(cc1N1B3c4c(cc5c(oc6ccccc65)c4-n4c5ccc(C(C)(C)C)cc5c5cc(C(C)(C)C)cc3c54)-c3c1ccc1oc4ccccc4c31)C(C)(C)CCC2(C)C. The van der Waals surface area contributed by atoms with Crippen molar-refractivity contribution in [3.63, 3.8) is 0 Å². The minimum atomic E-state index is -0.161. The Morgan fingerprint density at radius 2 is 1.23 bits per heavy atom. The van der Waals surface area contributed by atoms with Gasteiger partial charge in [0.25, 0.3) is 0 Å². The van der Waals surface area contributed by atoms with Gasteiger partial charge in [-0.3, -0.25) is 0 Å². The van der Waals surface area contributed by atoms with E-state index < -0.39 is 0 Å². The van der Waals surface area contributed by atoms with Crippen LogP contribution < -0.4 is 15.7 Å². The standard InChI is InChI=1S/C59H55BN2O2/c1-32-26-41-42(59(10,11)25-24-58(41,8)9)31-46(32)62-45-22-23-49-51(36-17-13-15-19-48(36)63-49)50(45)40-30-39-35-16-12-14-18-47(35)64-55(39)54-52(40)60(62)43-29-34(57(5,6)7)28-38-37-27-33(56(2,3)4)20-21-44(37)61(54)53(38)43/h12-23,26-31H,24-25H2,1-11H3. The second-order valence-electron chi connectivity index (χ2n) is 22.8. The van der Waals surface area contributed by atoms with E-state index in [1.54, 1.807) is 0 Å². The Morgan fingerprint density at radius 3 is 1.95 bits per heavy atom. The summed E-state index contributed by atoms with van der Waals surface area (Å²) < 4.78 is 16.6. The molecule has 316 valence electrons. The van der Waals surface area contributed by atoms with Gasteiger partial charge in [-0.2, -0.15) is 0 Å². The number of hydrogen-bond acceptors (Lipinski definition) is 3. The lowest BCUT2D eigenvalue weighted by Gasteiger charge is -2.46. The second-order valence-corrected chi connectivity index (χ2v) is 22.8. The lowest BCUT2D eigenvalue weighted by molar-refractivity contribution is 0.332. The molecule has 0 N–H and O–H groups in total. The van der Waals surface area contributed by atoms with Crippen LogP contribution >= 0.6 is 0 Å². The number of rotatable bonds is 1. The zero-order valence-electron chi connectivity index (χ0n) is 39.1. The number of anilines is 2. The highest BCUT2D eigenvalue weighted by molar-refractivity contribution is 6.94. The van der Waals surface area contributed by atoms with Gasteiger partial charge in [0.2, 0.25) is 0 Å². The summed E-state index contributed by atoms with van der Waals surface area (Å²) >= 11 is 0. The van der Waals surface area contributed by atoms with Gasteiger partial charge in [0.15, 0.2) is 5.58 Å². The summed E-state index contributed by atoms with van der Waals surface area (Å²) in [5, 5.41) is 7.16. The molecule has 2 aliphatic heterocycles. The van der Waals surface area contributed by atoms with E-state index in [9.17, 15) is 0 Å². The van der Waals surface area contributed by atoms with E-state index in [0.29, 0.717) is 0 Å². The van der Waals surface area contributed by atoms with Crippen LogP contribution in [-0.4, -0.2) is 11.4 Å². The Bertz CT molecular complexity index is 3720. The van der Waals surface area contributed by atoms with Crippen LogP contribution in [0.25, 0.3) is 82.5 Å². The zero-order chi connectivity index (χ0) is 44.1. The Kier molecular flexibility index (Phi) is 7.25. The molecule has 0 bridgehead atoms. The topological polar surface area (TPSA) is 34.5 Å².